The van der Waals surface area contributed by atoms with Crippen LogP contribution in [0.25, 0.3) is 0 Å². The molecule has 51 heavy (non-hydrogen) atoms. The molecule has 10 aliphatic carbocycles. The minimum absolute atomic E-state index is 0. The monoisotopic (exact) mass is 752 g/mol. The molecule has 0 radical (unpaired) electrons. The third-order valence-corrected chi connectivity index (χ3v) is 19.6. The molecule has 2 N–H and O–H groups in total. The number of allylic oxidation sites excluding steroid dienone is 10. The van der Waals surface area contributed by atoms with Crippen molar-refractivity contribution in [2.75, 3.05) is 6.16 Å². The van der Waals surface area contributed by atoms with Crippen molar-refractivity contribution in [3.63, 3.8) is 0 Å². The molecule has 5 heteroatoms. The molecular formula is C46H54FeN2P2. The van der Waals surface area contributed by atoms with E-state index in [9.17, 15) is 0 Å². The molecule has 10 aliphatic rings. The van der Waals surface area contributed by atoms with E-state index in [0.717, 1.165) is 35.5 Å². The van der Waals surface area contributed by atoms with Crippen LogP contribution in [-0.2, 0) is 22.2 Å². The second kappa shape index (κ2) is 13.6. The zero-order valence-corrected chi connectivity index (χ0v) is 33.1. The number of H-pyrrole nitrogens is 2. The molecule has 8 saturated carbocycles. The van der Waals surface area contributed by atoms with Crippen LogP contribution in [0.5, 0.6) is 0 Å². The fourth-order valence-corrected chi connectivity index (χ4v) is 19.3. The van der Waals surface area contributed by atoms with Crippen LogP contribution in [0.3, 0.4) is 0 Å². The average molecular weight is 753 g/mol. The third-order valence-electron chi connectivity index (χ3n) is 14.6. The fourth-order valence-electron chi connectivity index (χ4n) is 13.6. The molecule has 0 amide bonds. The van der Waals surface area contributed by atoms with E-state index in [-0.39, 0.29) is 30.1 Å². The van der Waals surface area contributed by atoms with Crippen molar-refractivity contribution in [3.8, 4) is 0 Å². The van der Waals surface area contributed by atoms with Gasteiger partial charge in [0.05, 0.1) is 5.16 Å². The summed E-state index contributed by atoms with van der Waals surface area (Å²) in [6.45, 7) is 0. The van der Waals surface area contributed by atoms with Crippen LogP contribution in [-0.4, -0.2) is 26.4 Å². The minimum Gasteiger partial charge on any atom is -0.364 e. The van der Waals surface area contributed by atoms with Gasteiger partial charge in [0.25, 0.3) is 0 Å². The first-order chi connectivity index (χ1) is 24.5. The maximum Gasteiger partial charge on any atom is 2.00 e. The van der Waals surface area contributed by atoms with Gasteiger partial charge in [0.15, 0.2) is 0 Å². The summed E-state index contributed by atoms with van der Waals surface area (Å²) in [5.41, 5.74) is 8.41. The van der Waals surface area contributed by atoms with Gasteiger partial charge in [-0.15, -0.1) is 45.5 Å². The smallest absolute Gasteiger partial charge is 0.364 e. The summed E-state index contributed by atoms with van der Waals surface area (Å²) in [6.07, 6.45) is 40.7. The Kier molecular flexibility index (Phi) is 9.24. The summed E-state index contributed by atoms with van der Waals surface area (Å²) >= 11 is 0. The number of hydrogen-bond acceptors (Lipinski definition) is 0. The molecule has 2 heterocycles. The van der Waals surface area contributed by atoms with Gasteiger partial charge in [-0.25, -0.2) is 12.1 Å². The predicted octanol–water partition coefficient (Wildman–Crippen LogP) is 11.8. The second-order valence-corrected chi connectivity index (χ2v) is 21.8. The standard InChI is InChI=1S/C41H49N2P2.C5H5.Fe/c44-41(37-8-4-10-42-37,38-9-5-11-43-38)36-19-34(33-6-2-1-3-7-33)18-35(36)26-45(39-20-27-12-28(21-39)14-29(13-27)22-39)40-23-30-15-31(24-40)17-32(16-30)25-40;1-2-4-5-3-1;/h1-11,18-19,27-32,42-43H,12-17,20-26,44H2;1-5H;/q2*-1;+2. The number of aromatic nitrogens is 2. The Morgan fingerprint density at radius 2 is 1.22 bits per heavy atom. The van der Waals surface area contributed by atoms with E-state index in [0.29, 0.717) is 10.3 Å². The van der Waals surface area contributed by atoms with Crippen LogP contribution in [0, 0.1) is 41.9 Å². The van der Waals surface area contributed by atoms with Crippen LogP contribution < -0.4 is 0 Å². The van der Waals surface area contributed by atoms with Crippen molar-refractivity contribution in [3.05, 3.63) is 144 Å². The van der Waals surface area contributed by atoms with E-state index in [1.54, 1.807) is 82.6 Å². The van der Waals surface area contributed by atoms with E-state index in [4.69, 9.17) is 0 Å². The first-order valence-corrected chi connectivity index (χ1v) is 21.9. The van der Waals surface area contributed by atoms with Gasteiger partial charge in [-0.05, 0) is 164 Å². The molecule has 8 fully saturated rings. The zero-order chi connectivity index (χ0) is 33.3. The first-order valence-electron chi connectivity index (χ1n) is 19.8. The van der Waals surface area contributed by atoms with Crippen molar-refractivity contribution >= 4 is 17.2 Å². The van der Waals surface area contributed by atoms with Gasteiger partial charge in [-0.2, -0.15) is 18.2 Å². The van der Waals surface area contributed by atoms with Crippen LogP contribution in [0.2, 0.25) is 0 Å². The molecule has 1 unspecified atom stereocenters. The van der Waals surface area contributed by atoms with E-state index in [1.165, 1.54) is 34.3 Å². The fraction of sp³-hybridized carbons (Fsp3) is 0.478. The summed E-state index contributed by atoms with van der Waals surface area (Å²) < 4.78 is 0. The Hall–Kier alpha value is -2.14. The largest absolute Gasteiger partial charge is 2.00 e. The molecule has 1 aromatic carbocycles. The van der Waals surface area contributed by atoms with Gasteiger partial charge in [-0.3, -0.25) is 0 Å². The summed E-state index contributed by atoms with van der Waals surface area (Å²) in [5, 5.41) is 0.915. The molecule has 2 aromatic heterocycles. The summed E-state index contributed by atoms with van der Waals surface area (Å²) in [5.74, 6) is 6.13. The SMILES string of the molecule is PC(C1=CC(=C2C=CC=C[CH-]2)C=C1CP(C12CC3CC(CC(C3)C1)C2)C12CC3CC(CC(C3)C1)C2)(c1ccc[nH]1)c1ccc[nH]1.[Fe+2].c1cc[cH-]c1. The van der Waals surface area contributed by atoms with E-state index in [2.05, 4.69) is 98.7 Å². The van der Waals surface area contributed by atoms with Gasteiger partial charge in [0.1, 0.15) is 0 Å². The Morgan fingerprint density at radius 3 is 1.61 bits per heavy atom. The van der Waals surface area contributed by atoms with Gasteiger partial charge < -0.3 is 9.97 Å². The summed E-state index contributed by atoms with van der Waals surface area (Å²) in [4.78, 5) is 7.35. The predicted molar refractivity (Wildman–Crippen MR) is 213 cm³/mol. The van der Waals surface area contributed by atoms with Crippen molar-refractivity contribution < 1.29 is 17.1 Å². The van der Waals surface area contributed by atoms with Gasteiger partial charge in [0, 0.05) is 23.8 Å². The van der Waals surface area contributed by atoms with Crippen LogP contribution in [0.1, 0.15) is 88.4 Å². The normalized spacial score (nSPS) is 37.4. The molecule has 3 aromatic rings. The number of nitrogens with one attached hydrogen (secondary N) is 2. The average Bonchev–Trinajstić information content (AvgIpc) is 3.95. The summed E-state index contributed by atoms with van der Waals surface area (Å²) in [7, 11) is 3.22. The molecule has 0 aliphatic heterocycles. The van der Waals surface area contributed by atoms with Crippen molar-refractivity contribution in [1.82, 2.24) is 9.97 Å². The Morgan fingerprint density at radius 1 is 0.706 bits per heavy atom. The van der Waals surface area contributed by atoms with Gasteiger partial charge in [0.2, 0.25) is 0 Å². The Labute approximate surface area is 320 Å². The number of aromatic amines is 2. The maximum absolute atomic E-state index is 3.68. The Bertz CT molecular complexity index is 1670. The molecule has 0 spiro atoms. The van der Waals surface area contributed by atoms with E-state index >= 15 is 0 Å². The molecule has 266 valence electrons. The van der Waals surface area contributed by atoms with Crippen LogP contribution >= 0.6 is 17.2 Å². The molecule has 1 atom stereocenters. The third kappa shape index (κ3) is 6.06. The molecular weight excluding hydrogens is 698 g/mol. The Balaban J connectivity index is 0.000000537. The van der Waals surface area contributed by atoms with Crippen molar-refractivity contribution in [2.24, 2.45) is 35.5 Å². The van der Waals surface area contributed by atoms with Crippen molar-refractivity contribution in [2.45, 2.75) is 92.5 Å². The molecule has 0 saturated heterocycles. The second-order valence-electron chi connectivity index (χ2n) is 17.9. The molecule has 2 nitrogen and oxygen atoms in total. The maximum atomic E-state index is 3.68. The zero-order valence-electron chi connectivity index (χ0n) is 29.9. The molecule has 8 bridgehead atoms. The summed E-state index contributed by atoms with van der Waals surface area (Å²) in [6, 6.07) is 19.0. The van der Waals surface area contributed by atoms with Gasteiger partial charge >= 0.3 is 17.1 Å². The number of rotatable bonds is 7. The van der Waals surface area contributed by atoms with Crippen LogP contribution in [0.15, 0.2) is 126 Å². The van der Waals surface area contributed by atoms with E-state index < -0.39 is 0 Å². The minimum atomic E-state index is -0.334. The first kappa shape index (κ1) is 34.6. The van der Waals surface area contributed by atoms with Crippen molar-refractivity contribution in [1.29, 1.82) is 0 Å². The topological polar surface area (TPSA) is 31.6 Å². The quantitative estimate of drug-likeness (QED) is 0.137. The van der Waals surface area contributed by atoms with E-state index in [1.807, 2.05) is 30.3 Å². The van der Waals surface area contributed by atoms with Gasteiger partial charge in [-0.1, -0.05) is 25.6 Å². The molecule has 13 rings (SSSR count). The number of hydrogen-bond donors (Lipinski definition) is 2. The van der Waals surface area contributed by atoms with Crippen LogP contribution in [0.4, 0.5) is 0 Å².